The van der Waals surface area contributed by atoms with E-state index in [9.17, 15) is 4.79 Å². The van der Waals surface area contributed by atoms with Gasteiger partial charge in [-0.1, -0.05) is 6.92 Å². The van der Waals surface area contributed by atoms with Crippen molar-refractivity contribution in [3.05, 3.63) is 27.0 Å². The van der Waals surface area contributed by atoms with Crippen LogP contribution >= 0.6 is 38.6 Å². The molecule has 0 radical (unpaired) electrons. The van der Waals surface area contributed by atoms with Crippen LogP contribution in [-0.4, -0.2) is 16.1 Å². The van der Waals surface area contributed by atoms with Crippen molar-refractivity contribution in [1.82, 2.24) is 4.98 Å². The van der Waals surface area contributed by atoms with Crippen LogP contribution in [-0.2, 0) is 4.79 Å². The second-order valence-corrected chi connectivity index (χ2v) is 7.00. The summed E-state index contributed by atoms with van der Waals surface area (Å²) in [7, 11) is 0. The molecule has 0 aliphatic heterocycles. The van der Waals surface area contributed by atoms with Gasteiger partial charge < -0.3 is 5.11 Å². The van der Waals surface area contributed by atoms with Crippen LogP contribution in [0.1, 0.15) is 25.0 Å². The van der Waals surface area contributed by atoms with Gasteiger partial charge in [-0.2, -0.15) is 0 Å². The maximum atomic E-state index is 10.6. The Balaban J connectivity index is 2.18. The molecule has 1 N–H and O–H groups in total. The third kappa shape index (κ3) is 3.14. The van der Waals surface area contributed by atoms with Crippen molar-refractivity contribution in [2.75, 3.05) is 0 Å². The molecule has 0 aliphatic rings. The van der Waals surface area contributed by atoms with Crippen molar-refractivity contribution in [2.24, 2.45) is 0 Å². The first-order valence-corrected chi connectivity index (χ1v) is 7.48. The Morgan fingerprint density at radius 1 is 1.59 bits per heavy atom. The van der Waals surface area contributed by atoms with Crippen LogP contribution in [0.4, 0.5) is 0 Å². The highest BCUT2D eigenvalue weighted by atomic mass is 79.9. The number of aliphatic carboxylic acids is 1. The van der Waals surface area contributed by atoms with Crippen LogP contribution in [0.25, 0.3) is 9.88 Å². The molecular weight excluding hydrogens is 322 g/mol. The van der Waals surface area contributed by atoms with E-state index in [1.54, 1.807) is 22.7 Å². The maximum absolute atomic E-state index is 10.6. The average Bonchev–Trinajstić information content (AvgIpc) is 2.84. The fourth-order valence-corrected chi connectivity index (χ4v) is 3.82. The normalized spacial score (nSPS) is 12.6. The summed E-state index contributed by atoms with van der Waals surface area (Å²) in [4.78, 5) is 16.2. The van der Waals surface area contributed by atoms with E-state index in [2.05, 4.69) is 20.9 Å². The van der Waals surface area contributed by atoms with Gasteiger partial charge in [-0.25, -0.2) is 4.98 Å². The molecular formula is C11H10BrNO2S2. The van der Waals surface area contributed by atoms with Crippen LogP contribution < -0.4 is 0 Å². The molecule has 6 heteroatoms. The van der Waals surface area contributed by atoms with Gasteiger partial charge in [0, 0.05) is 11.3 Å². The van der Waals surface area contributed by atoms with Gasteiger partial charge in [0.05, 0.1) is 20.8 Å². The molecule has 0 amide bonds. The molecule has 1 atom stereocenters. The van der Waals surface area contributed by atoms with Gasteiger partial charge in [0.25, 0.3) is 0 Å². The minimum atomic E-state index is -0.786. The fraction of sp³-hybridized carbons (Fsp3) is 0.273. The number of thiophene rings is 1. The summed E-state index contributed by atoms with van der Waals surface area (Å²) in [6, 6.07) is 4.00. The molecule has 3 nitrogen and oxygen atoms in total. The van der Waals surface area contributed by atoms with E-state index in [0.29, 0.717) is 0 Å². The Hall–Kier alpha value is -0.720. The lowest BCUT2D eigenvalue weighted by Crippen LogP contribution is -2.02. The SMILES string of the molecule is CC(CC(=O)O)c1csc(-c2ccc(Br)s2)n1. The monoisotopic (exact) mass is 331 g/mol. The summed E-state index contributed by atoms with van der Waals surface area (Å²) in [6.45, 7) is 1.89. The Morgan fingerprint density at radius 2 is 2.35 bits per heavy atom. The zero-order valence-electron chi connectivity index (χ0n) is 9.01. The highest BCUT2D eigenvalue weighted by Gasteiger charge is 2.14. The Labute approximate surface area is 115 Å². The first-order valence-electron chi connectivity index (χ1n) is 4.99. The number of carboxylic acid groups (broad SMARTS) is 1. The lowest BCUT2D eigenvalue weighted by molar-refractivity contribution is -0.137. The molecule has 90 valence electrons. The largest absolute Gasteiger partial charge is 0.481 e. The lowest BCUT2D eigenvalue weighted by atomic mass is 10.1. The molecule has 0 saturated carbocycles. The van der Waals surface area contributed by atoms with Gasteiger partial charge in [0.15, 0.2) is 0 Å². The first kappa shape index (κ1) is 12.7. The average molecular weight is 332 g/mol. The fourth-order valence-electron chi connectivity index (χ4n) is 1.42. The van der Waals surface area contributed by atoms with Crippen molar-refractivity contribution in [3.8, 4) is 9.88 Å². The highest BCUT2D eigenvalue weighted by Crippen LogP contribution is 2.34. The topological polar surface area (TPSA) is 50.2 Å². The standard InChI is InChI=1S/C11H10BrNO2S2/c1-6(4-10(14)15)7-5-16-11(13-7)8-2-3-9(12)17-8/h2-3,5-6H,4H2,1H3,(H,14,15). The quantitative estimate of drug-likeness (QED) is 0.912. The Kier molecular flexibility index (Phi) is 3.96. The first-order chi connectivity index (χ1) is 8.06. The number of rotatable bonds is 4. The van der Waals surface area contributed by atoms with E-state index in [-0.39, 0.29) is 12.3 Å². The lowest BCUT2D eigenvalue weighted by Gasteiger charge is -2.03. The highest BCUT2D eigenvalue weighted by molar-refractivity contribution is 9.11. The molecule has 2 aromatic rings. The van der Waals surface area contributed by atoms with Crippen molar-refractivity contribution in [3.63, 3.8) is 0 Å². The van der Waals surface area contributed by atoms with Crippen LogP contribution in [0.5, 0.6) is 0 Å². The molecule has 0 fully saturated rings. The summed E-state index contributed by atoms with van der Waals surface area (Å²) < 4.78 is 1.07. The predicted molar refractivity (Wildman–Crippen MR) is 73.8 cm³/mol. The third-order valence-electron chi connectivity index (χ3n) is 2.29. The number of aromatic nitrogens is 1. The molecule has 2 aromatic heterocycles. The number of hydrogen-bond acceptors (Lipinski definition) is 4. The second kappa shape index (κ2) is 5.29. The van der Waals surface area contributed by atoms with E-state index in [0.717, 1.165) is 19.4 Å². The maximum Gasteiger partial charge on any atom is 0.304 e. The minimum absolute atomic E-state index is 0.0408. The molecule has 2 rings (SSSR count). The molecule has 0 aromatic carbocycles. The summed E-state index contributed by atoms with van der Waals surface area (Å²) in [6.07, 6.45) is 0.122. The van der Waals surface area contributed by atoms with E-state index in [1.807, 2.05) is 24.4 Å². The molecule has 0 bridgehead atoms. The van der Waals surface area contributed by atoms with Crippen LogP contribution in [0.2, 0.25) is 0 Å². The number of halogens is 1. The molecule has 2 heterocycles. The van der Waals surface area contributed by atoms with Crippen LogP contribution in [0.3, 0.4) is 0 Å². The Bertz CT molecular complexity index is 535. The van der Waals surface area contributed by atoms with Crippen molar-refractivity contribution in [2.45, 2.75) is 19.3 Å². The third-order valence-corrected chi connectivity index (χ3v) is 4.95. The van der Waals surface area contributed by atoms with Gasteiger partial charge in [-0.15, -0.1) is 22.7 Å². The molecule has 17 heavy (non-hydrogen) atoms. The summed E-state index contributed by atoms with van der Waals surface area (Å²) in [5, 5.41) is 11.6. The number of nitrogens with zero attached hydrogens (tertiary/aromatic N) is 1. The van der Waals surface area contributed by atoms with Crippen molar-refractivity contribution >= 4 is 44.6 Å². The zero-order chi connectivity index (χ0) is 12.4. The van der Waals surface area contributed by atoms with E-state index in [4.69, 9.17) is 5.11 Å². The van der Waals surface area contributed by atoms with Gasteiger partial charge in [-0.05, 0) is 28.1 Å². The van der Waals surface area contributed by atoms with Crippen molar-refractivity contribution < 1.29 is 9.90 Å². The second-order valence-electron chi connectivity index (χ2n) is 3.68. The van der Waals surface area contributed by atoms with E-state index >= 15 is 0 Å². The minimum Gasteiger partial charge on any atom is -0.481 e. The van der Waals surface area contributed by atoms with Crippen LogP contribution in [0, 0.1) is 0 Å². The number of carbonyl (C=O) groups is 1. The summed E-state index contributed by atoms with van der Waals surface area (Å²) in [5.74, 6) is -0.827. The van der Waals surface area contributed by atoms with Gasteiger partial charge in [0.2, 0.25) is 0 Å². The van der Waals surface area contributed by atoms with E-state index in [1.165, 1.54) is 0 Å². The van der Waals surface area contributed by atoms with Crippen LogP contribution in [0.15, 0.2) is 21.3 Å². The zero-order valence-corrected chi connectivity index (χ0v) is 12.2. The number of carboxylic acids is 1. The summed E-state index contributed by atoms with van der Waals surface area (Å²) in [5.41, 5.74) is 0.858. The number of hydrogen-bond donors (Lipinski definition) is 1. The predicted octanol–water partition coefficient (Wildman–Crippen LogP) is 4.21. The number of thiazole rings is 1. The Morgan fingerprint density at radius 3 is 2.94 bits per heavy atom. The molecule has 0 aliphatic carbocycles. The van der Waals surface area contributed by atoms with Gasteiger partial charge >= 0.3 is 5.97 Å². The smallest absolute Gasteiger partial charge is 0.304 e. The van der Waals surface area contributed by atoms with Gasteiger partial charge in [-0.3, -0.25) is 4.79 Å². The summed E-state index contributed by atoms with van der Waals surface area (Å²) >= 11 is 6.60. The molecule has 1 unspecified atom stereocenters. The molecule has 0 saturated heterocycles. The van der Waals surface area contributed by atoms with Crippen molar-refractivity contribution in [1.29, 1.82) is 0 Å². The van der Waals surface area contributed by atoms with Gasteiger partial charge in [0.1, 0.15) is 5.01 Å². The van der Waals surface area contributed by atoms with E-state index < -0.39 is 5.97 Å². The molecule has 0 spiro atoms.